The van der Waals surface area contributed by atoms with Crippen molar-refractivity contribution in [2.45, 2.75) is 32.2 Å². The van der Waals surface area contributed by atoms with Crippen molar-refractivity contribution in [1.82, 2.24) is 9.55 Å². The normalized spacial score (nSPS) is 14.3. The summed E-state index contributed by atoms with van der Waals surface area (Å²) in [4.78, 5) is 17.3. The molecule has 0 spiro atoms. The lowest BCUT2D eigenvalue weighted by molar-refractivity contribution is 0.0998. The number of amides is 1. The van der Waals surface area contributed by atoms with Gasteiger partial charge in [0.2, 0.25) is 0 Å². The Kier molecular flexibility index (Phi) is 3.52. The number of hydrogen-bond acceptors (Lipinski definition) is 3. The van der Waals surface area contributed by atoms with E-state index in [-0.39, 0.29) is 5.91 Å². The molecule has 0 saturated carbocycles. The molecule has 5 rings (SSSR count). The molecule has 0 fully saturated rings. The summed E-state index contributed by atoms with van der Waals surface area (Å²) in [7, 11) is 0. The lowest BCUT2D eigenvalue weighted by Crippen LogP contribution is -2.10. The summed E-state index contributed by atoms with van der Waals surface area (Å²) in [5.74, 6) is 1.21. The number of hydrogen-bond donors (Lipinski definition) is 1. The first-order valence-electron chi connectivity index (χ1n) is 9.07. The van der Waals surface area contributed by atoms with Gasteiger partial charge in [-0.05, 0) is 43.2 Å². The van der Waals surface area contributed by atoms with Crippen LogP contribution in [0.5, 0.6) is 0 Å². The van der Waals surface area contributed by atoms with Crippen molar-refractivity contribution in [2.24, 2.45) is 0 Å². The highest BCUT2D eigenvalue weighted by Crippen LogP contribution is 2.25. The molecule has 0 bridgehead atoms. The molecule has 1 aliphatic rings. The fraction of sp³-hybridized carbons (Fsp3) is 0.238. The van der Waals surface area contributed by atoms with Gasteiger partial charge in [-0.2, -0.15) is 0 Å². The quantitative estimate of drug-likeness (QED) is 0.570. The average Bonchev–Trinajstić information content (AvgIpc) is 3.15. The van der Waals surface area contributed by atoms with Crippen LogP contribution in [0.3, 0.4) is 0 Å². The van der Waals surface area contributed by atoms with Crippen LogP contribution in [0.1, 0.15) is 35.6 Å². The number of benzene rings is 2. The molecule has 0 radical (unpaired) electrons. The van der Waals surface area contributed by atoms with Crippen molar-refractivity contribution in [3.63, 3.8) is 0 Å². The molecule has 5 heteroatoms. The number of furan rings is 1. The summed E-state index contributed by atoms with van der Waals surface area (Å²) >= 11 is 0. The maximum Gasteiger partial charge on any atom is 0.291 e. The number of aryl methyl sites for hydroxylation is 2. The monoisotopic (exact) mass is 345 g/mol. The number of anilines is 1. The van der Waals surface area contributed by atoms with Crippen molar-refractivity contribution in [3.05, 3.63) is 60.1 Å². The SMILES string of the molecule is O=C(Nc1ccc2c(c1)nc1n2CCCCC1)c1cc2ccccc2o1. The molecule has 0 unspecified atom stereocenters. The van der Waals surface area contributed by atoms with Gasteiger partial charge in [0, 0.05) is 24.0 Å². The Balaban J connectivity index is 1.44. The lowest BCUT2D eigenvalue weighted by atomic mass is 10.2. The summed E-state index contributed by atoms with van der Waals surface area (Å²) in [5, 5.41) is 3.84. The van der Waals surface area contributed by atoms with Gasteiger partial charge in [0.25, 0.3) is 5.91 Å². The first kappa shape index (κ1) is 15.2. The second-order valence-corrected chi connectivity index (χ2v) is 6.80. The molecule has 2 aromatic heterocycles. The summed E-state index contributed by atoms with van der Waals surface area (Å²) < 4.78 is 7.95. The minimum Gasteiger partial charge on any atom is -0.451 e. The van der Waals surface area contributed by atoms with Crippen molar-refractivity contribution >= 4 is 33.6 Å². The maximum absolute atomic E-state index is 12.5. The third kappa shape index (κ3) is 2.56. The third-order valence-corrected chi connectivity index (χ3v) is 5.02. The molecule has 4 aromatic rings. The summed E-state index contributed by atoms with van der Waals surface area (Å²) in [6.45, 7) is 1.02. The predicted molar refractivity (Wildman–Crippen MR) is 101 cm³/mol. The van der Waals surface area contributed by atoms with Gasteiger partial charge in [-0.3, -0.25) is 4.79 Å². The zero-order valence-corrected chi connectivity index (χ0v) is 14.4. The van der Waals surface area contributed by atoms with Gasteiger partial charge in [0.05, 0.1) is 11.0 Å². The summed E-state index contributed by atoms with van der Waals surface area (Å²) in [6, 6.07) is 15.3. The number of rotatable bonds is 2. The number of nitrogens with one attached hydrogen (secondary N) is 1. The molecule has 0 aliphatic carbocycles. The van der Waals surface area contributed by atoms with Crippen molar-refractivity contribution in [2.75, 3.05) is 5.32 Å². The molecule has 5 nitrogen and oxygen atoms in total. The number of imidazole rings is 1. The van der Waals surface area contributed by atoms with Crippen LogP contribution < -0.4 is 5.32 Å². The van der Waals surface area contributed by atoms with E-state index in [1.165, 1.54) is 19.3 Å². The lowest BCUT2D eigenvalue weighted by Gasteiger charge is -2.05. The average molecular weight is 345 g/mol. The standard InChI is InChI=1S/C21H19N3O2/c25-21(19-12-14-6-3-4-7-18(14)26-19)22-15-9-10-17-16(13-15)23-20-8-2-1-5-11-24(17)20/h3-4,6-7,9-10,12-13H,1-2,5,8,11H2,(H,22,25). The first-order chi connectivity index (χ1) is 12.8. The predicted octanol–water partition coefficient (Wildman–Crippen LogP) is 4.76. The summed E-state index contributed by atoms with van der Waals surface area (Å²) in [5.41, 5.74) is 3.52. The Labute approximate surface area is 150 Å². The molecular formula is C21H19N3O2. The molecule has 1 amide bonds. The van der Waals surface area contributed by atoms with Crippen molar-refractivity contribution in [3.8, 4) is 0 Å². The van der Waals surface area contributed by atoms with Gasteiger partial charge in [-0.25, -0.2) is 4.98 Å². The van der Waals surface area contributed by atoms with Crippen LogP contribution >= 0.6 is 0 Å². The van der Waals surface area contributed by atoms with Crippen LogP contribution in [0.2, 0.25) is 0 Å². The van der Waals surface area contributed by atoms with E-state index in [0.717, 1.165) is 40.9 Å². The van der Waals surface area contributed by atoms with E-state index in [2.05, 4.69) is 9.88 Å². The molecular weight excluding hydrogens is 326 g/mol. The Morgan fingerprint density at radius 3 is 2.92 bits per heavy atom. The minimum atomic E-state index is -0.249. The van der Waals surface area contributed by atoms with E-state index < -0.39 is 0 Å². The van der Waals surface area contributed by atoms with Gasteiger partial charge in [0.15, 0.2) is 5.76 Å². The second-order valence-electron chi connectivity index (χ2n) is 6.80. The smallest absolute Gasteiger partial charge is 0.291 e. The highest BCUT2D eigenvalue weighted by Gasteiger charge is 2.16. The van der Waals surface area contributed by atoms with E-state index in [4.69, 9.17) is 9.40 Å². The van der Waals surface area contributed by atoms with Gasteiger partial charge >= 0.3 is 0 Å². The number of nitrogens with zero attached hydrogens (tertiary/aromatic N) is 2. The van der Waals surface area contributed by atoms with E-state index in [0.29, 0.717) is 11.3 Å². The molecule has 26 heavy (non-hydrogen) atoms. The van der Waals surface area contributed by atoms with Crippen LogP contribution in [0, 0.1) is 0 Å². The molecule has 0 atom stereocenters. The van der Waals surface area contributed by atoms with Crippen LogP contribution in [0.25, 0.3) is 22.0 Å². The van der Waals surface area contributed by atoms with Crippen LogP contribution in [0.15, 0.2) is 52.9 Å². The van der Waals surface area contributed by atoms with E-state index in [1.807, 2.05) is 42.5 Å². The third-order valence-electron chi connectivity index (χ3n) is 5.02. The molecule has 130 valence electrons. The summed E-state index contributed by atoms with van der Waals surface area (Å²) in [6.07, 6.45) is 4.67. The molecule has 1 N–H and O–H groups in total. The van der Waals surface area contributed by atoms with Crippen LogP contribution in [-0.2, 0) is 13.0 Å². The van der Waals surface area contributed by atoms with E-state index >= 15 is 0 Å². The highest BCUT2D eigenvalue weighted by atomic mass is 16.3. The Bertz CT molecular complexity index is 1090. The maximum atomic E-state index is 12.5. The number of carbonyl (C=O) groups is 1. The zero-order chi connectivity index (χ0) is 17.5. The Morgan fingerprint density at radius 1 is 1.08 bits per heavy atom. The molecule has 3 heterocycles. The Morgan fingerprint density at radius 2 is 2.00 bits per heavy atom. The number of fused-ring (bicyclic) bond motifs is 4. The molecule has 1 aliphatic heterocycles. The minimum absolute atomic E-state index is 0.249. The number of aromatic nitrogens is 2. The zero-order valence-electron chi connectivity index (χ0n) is 14.4. The van der Waals surface area contributed by atoms with E-state index in [1.54, 1.807) is 6.07 Å². The van der Waals surface area contributed by atoms with Gasteiger partial charge < -0.3 is 14.3 Å². The fourth-order valence-corrected chi connectivity index (χ4v) is 3.71. The molecule has 2 aromatic carbocycles. The van der Waals surface area contributed by atoms with Crippen molar-refractivity contribution in [1.29, 1.82) is 0 Å². The number of carbonyl (C=O) groups excluding carboxylic acids is 1. The van der Waals surface area contributed by atoms with Crippen molar-refractivity contribution < 1.29 is 9.21 Å². The largest absolute Gasteiger partial charge is 0.451 e. The van der Waals surface area contributed by atoms with Gasteiger partial charge in [-0.1, -0.05) is 24.6 Å². The number of para-hydroxylation sites is 1. The van der Waals surface area contributed by atoms with Gasteiger partial charge in [-0.15, -0.1) is 0 Å². The Hall–Kier alpha value is -3.08. The van der Waals surface area contributed by atoms with Crippen LogP contribution in [0.4, 0.5) is 5.69 Å². The second kappa shape index (κ2) is 6.02. The van der Waals surface area contributed by atoms with Crippen LogP contribution in [-0.4, -0.2) is 15.5 Å². The molecule has 0 saturated heterocycles. The topological polar surface area (TPSA) is 60.1 Å². The first-order valence-corrected chi connectivity index (χ1v) is 9.07. The highest BCUT2D eigenvalue weighted by molar-refractivity contribution is 6.05. The fourth-order valence-electron chi connectivity index (χ4n) is 3.71. The van der Waals surface area contributed by atoms with Gasteiger partial charge in [0.1, 0.15) is 11.4 Å². The van der Waals surface area contributed by atoms with E-state index in [9.17, 15) is 4.79 Å².